The molecular formula is C51H31N3S. The Morgan fingerprint density at radius 3 is 1.15 bits per heavy atom. The first-order valence-corrected chi connectivity index (χ1v) is 19.3. The largest absolute Gasteiger partial charge is 0.208 e. The smallest absolute Gasteiger partial charge is 0.164 e. The maximum Gasteiger partial charge on any atom is 0.164 e. The Morgan fingerprint density at radius 2 is 0.618 bits per heavy atom. The molecular weight excluding hydrogens is 687 g/mol. The topological polar surface area (TPSA) is 38.7 Å². The minimum atomic E-state index is 0.664. The molecule has 55 heavy (non-hydrogen) atoms. The highest BCUT2D eigenvalue weighted by Gasteiger charge is 2.16. The Balaban J connectivity index is 1.01. The summed E-state index contributed by atoms with van der Waals surface area (Å²) in [6.07, 6.45) is 0. The van der Waals surface area contributed by atoms with Gasteiger partial charge in [0.1, 0.15) is 0 Å². The number of rotatable bonds is 5. The molecule has 0 spiro atoms. The van der Waals surface area contributed by atoms with Crippen LogP contribution in [0.2, 0.25) is 0 Å². The standard InChI is InChI=1S/C51H31N3S/c1-3-13-32(14-4-1)49-52-50(33-15-5-2-6-16-33)54-51(53-49)36-25-28-45-44-27-24-35(30-47(44)55-48(45)31-36)38-18-8-7-17-37(38)34-23-26-43-41-21-10-9-19-39(41)40-20-11-12-22-42(40)46(43)29-34/h1-31H. The van der Waals surface area contributed by atoms with Crippen molar-refractivity contribution in [1.29, 1.82) is 0 Å². The van der Waals surface area contributed by atoms with Crippen LogP contribution >= 0.6 is 11.3 Å². The fraction of sp³-hybridized carbons (Fsp3) is 0. The Kier molecular flexibility index (Phi) is 7.35. The lowest BCUT2D eigenvalue weighted by molar-refractivity contribution is 1.07. The summed E-state index contributed by atoms with van der Waals surface area (Å²) in [5.74, 6) is 1.99. The van der Waals surface area contributed by atoms with Crippen molar-refractivity contribution in [2.24, 2.45) is 0 Å². The molecule has 3 nitrogen and oxygen atoms in total. The second-order valence-electron chi connectivity index (χ2n) is 14.0. The van der Waals surface area contributed by atoms with E-state index in [0.717, 1.165) is 16.7 Å². The maximum atomic E-state index is 4.99. The quantitative estimate of drug-likeness (QED) is 0.166. The molecule has 0 aliphatic rings. The lowest BCUT2D eigenvalue weighted by Gasteiger charge is -2.14. The molecule has 0 fully saturated rings. The lowest BCUT2D eigenvalue weighted by Crippen LogP contribution is -1.99. The minimum Gasteiger partial charge on any atom is -0.208 e. The average molecular weight is 718 g/mol. The molecule has 256 valence electrons. The molecule has 0 radical (unpaired) electrons. The van der Waals surface area contributed by atoms with E-state index in [1.807, 2.05) is 72.0 Å². The van der Waals surface area contributed by atoms with Gasteiger partial charge in [-0.15, -0.1) is 11.3 Å². The SMILES string of the molecule is c1ccc(-c2nc(-c3ccccc3)nc(-c3ccc4c(c3)sc3cc(-c5ccccc5-c5ccc6c7ccccc7c7ccccc7c6c5)ccc34)n2)cc1. The molecule has 0 amide bonds. The summed E-state index contributed by atoms with van der Waals surface area (Å²) < 4.78 is 2.45. The molecule has 11 rings (SSSR count). The van der Waals surface area contributed by atoms with E-state index in [2.05, 4.69) is 127 Å². The van der Waals surface area contributed by atoms with Crippen molar-refractivity contribution in [3.63, 3.8) is 0 Å². The molecule has 0 N–H and O–H groups in total. The second-order valence-corrected chi connectivity index (χ2v) is 15.0. The number of hydrogen-bond acceptors (Lipinski definition) is 4. The first-order valence-electron chi connectivity index (χ1n) is 18.5. The molecule has 0 atom stereocenters. The van der Waals surface area contributed by atoms with Gasteiger partial charge in [-0.1, -0.05) is 170 Å². The van der Waals surface area contributed by atoms with Crippen LogP contribution in [0.4, 0.5) is 0 Å². The van der Waals surface area contributed by atoms with Crippen LogP contribution in [0.15, 0.2) is 188 Å². The number of nitrogens with zero attached hydrogens (tertiary/aromatic N) is 3. The summed E-state index contributed by atoms with van der Waals surface area (Å²) in [6, 6.07) is 67.1. The van der Waals surface area contributed by atoms with E-state index in [4.69, 9.17) is 15.0 Å². The Morgan fingerprint density at radius 1 is 0.255 bits per heavy atom. The number of aromatic nitrogens is 3. The van der Waals surface area contributed by atoms with Crippen molar-refractivity contribution < 1.29 is 0 Å². The van der Waals surface area contributed by atoms with E-state index < -0.39 is 0 Å². The summed E-state index contributed by atoms with van der Waals surface area (Å²) >= 11 is 1.82. The first-order chi connectivity index (χ1) is 27.2. The number of hydrogen-bond donors (Lipinski definition) is 0. The molecule has 2 aromatic heterocycles. The number of fused-ring (bicyclic) bond motifs is 9. The third kappa shape index (κ3) is 5.38. The van der Waals surface area contributed by atoms with Crippen molar-refractivity contribution in [3.05, 3.63) is 188 Å². The van der Waals surface area contributed by atoms with Gasteiger partial charge in [0.2, 0.25) is 0 Å². The lowest BCUT2D eigenvalue weighted by atomic mass is 9.90. The summed E-state index contributed by atoms with van der Waals surface area (Å²) in [6.45, 7) is 0. The summed E-state index contributed by atoms with van der Waals surface area (Å²) in [7, 11) is 0. The molecule has 0 saturated heterocycles. The molecule has 0 aliphatic heterocycles. The molecule has 0 bridgehead atoms. The Hall–Kier alpha value is -7.01. The van der Waals surface area contributed by atoms with Gasteiger partial charge in [0, 0.05) is 36.9 Å². The molecule has 0 unspecified atom stereocenters. The van der Waals surface area contributed by atoms with Gasteiger partial charge in [0.15, 0.2) is 17.5 Å². The predicted octanol–water partition coefficient (Wildman–Crippen LogP) is 14.0. The van der Waals surface area contributed by atoms with E-state index in [0.29, 0.717) is 17.5 Å². The van der Waals surface area contributed by atoms with Crippen LogP contribution in [-0.4, -0.2) is 15.0 Å². The van der Waals surface area contributed by atoms with E-state index in [9.17, 15) is 0 Å². The first kappa shape index (κ1) is 31.5. The van der Waals surface area contributed by atoms with Crippen LogP contribution in [0.5, 0.6) is 0 Å². The van der Waals surface area contributed by atoms with Crippen molar-refractivity contribution in [3.8, 4) is 56.4 Å². The van der Waals surface area contributed by atoms with Crippen molar-refractivity contribution in [2.45, 2.75) is 0 Å². The third-order valence-electron chi connectivity index (χ3n) is 10.7. The highest BCUT2D eigenvalue weighted by molar-refractivity contribution is 7.25. The molecule has 9 aromatic carbocycles. The summed E-state index contributed by atoms with van der Waals surface area (Å²) in [5, 5.41) is 10.2. The zero-order chi connectivity index (χ0) is 36.3. The van der Waals surface area contributed by atoms with Gasteiger partial charge in [-0.05, 0) is 72.8 Å². The minimum absolute atomic E-state index is 0.664. The second kappa shape index (κ2) is 12.8. The van der Waals surface area contributed by atoms with Gasteiger partial charge >= 0.3 is 0 Å². The monoisotopic (exact) mass is 717 g/mol. The van der Waals surface area contributed by atoms with Crippen LogP contribution in [0.25, 0.3) is 109 Å². The van der Waals surface area contributed by atoms with Gasteiger partial charge in [-0.2, -0.15) is 0 Å². The van der Waals surface area contributed by atoms with Crippen molar-refractivity contribution >= 4 is 63.8 Å². The predicted molar refractivity (Wildman–Crippen MR) is 232 cm³/mol. The zero-order valence-electron chi connectivity index (χ0n) is 29.6. The fourth-order valence-electron chi connectivity index (χ4n) is 8.08. The van der Waals surface area contributed by atoms with Crippen LogP contribution < -0.4 is 0 Å². The van der Waals surface area contributed by atoms with Gasteiger partial charge in [0.25, 0.3) is 0 Å². The Labute approximate surface area is 321 Å². The highest BCUT2D eigenvalue weighted by atomic mass is 32.1. The molecule has 0 saturated carbocycles. The van der Waals surface area contributed by atoms with Crippen molar-refractivity contribution in [2.75, 3.05) is 0 Å². The fourth-order valence-corrected chi connectivity index (χ4v) is 9.27. The van der Waals surface area contributed by atoms with Gasteiger partial charge < -0.3 is 0 Å². The van der Waals surface area contributed by atoms with Crippen molar-refractivity contribution in [1.82, 2.24) is 15.0 Å². The van der Waals surface area contributed by atoms with E-state index in [1.165, 1.54) is 74.7 Å². The zero-order valence-corrected chi connectivity index (χ0v) is 30.5. The number of thiophene rings is 1. The van der Waals surface area contributed by atoms with E-state index in [-0.39, 0.29) is 0 Å². The van der Waals surface area contributed by atoms with Crippen LogP contribution in [0.1, 0.15) is 0 Å². The Bertz CT molecular complexity index is 3170. The van der Waals surface area contributed by atoms with Crippen LogP contribution in [0.3, 0.4) is 0 Å². The molecule has 4 heteroatoms. The highest BCUT2D eigenvalue weighted by Crippen LogP contribution is 2.42. The van der Waals surface area contributed by atoms with Gasteiger partial charge in [-0.25, -0.2) is 15.0 Å². The third-order valence-corrected chi connectivity index (χ3v) is 11.8. The summed E-state index contributed by atoms with van der Waals surface area (Å²) in [5.41, 5.74) is 7.76. The average Bonchev–Trinajstić information content (AvgIpc) is 3.64. The molecule has 2 heterocycles. The van der Waals surface area contributed by atoms with E-state index in [1.54, 1.807) is 0 Å². The molecule has 11 aromatic rings. The van der Waals surface area contributed by atoms with Gasteiger partial charge in [-0.3, -0.25) is 0 Å². The van der Waals surface area contributed by atoms with E-state index >= 15 is 0 Å². The number of benzene rings is 9. The molecule has 0 aliphatic carbocycles. The normalized spacial score (nSPS) is 11.6. The van der Waals surface area contributed by atoms with Gasteiger partial charge in [0.05, 0.1) is 0 Å². The maximum absolute atomic E-state index is 4.99. The van der Waals surface area contributed by atoms with Crippen LogP contribution in [-0.2, 0) is 0 Å². The van der Waals surface area contributed by atoms with Crippen LogP contribution in [0, 0.1) is 0 Å². The summed E-state index contributed by atoms with van der Waals surface area (Å²) in [4.78, 5) is 14.9.